The second-order valence-electron chi connectivity index (χ2n) is 6.70. The lowest BCUT2D eigenvalue weighted by Crippen LogP contribution is -2.23. The molecule has 10 nitrogen and oxygen atoms in total. The minimum Gasteiger partial charge on any atom is -0.497 e. The number of rotatable bonds is 8. The van der Waals surface area contributed by atoms with E-state index in [1.807, 2.05) is 5.38 Å². The average molecular weight is 502 g/mol. The fraction of sp³-hybridized carbons (Fsp3) is 0.182. The summed E-state index contributed by atoms with van der Waals surface area (Å²) in [5.41, 5.74) is 1.09. The summed E-state index contributed by atoms with van der Waals surface area (Å²) in [7, 11) is 5.80. The molecule has 1 aromatic carbocycles. The molecule has 0 spiro atoms. The molecule has 0 aliphatic carbocycles. The number of benzene rings is 1. The van der Waals surface area contributed by atoms with Crippen molar-refractivity contribution in [2.24, 2.45) is 0 Å². The van der Waals surface area contributed by atoms with Crippen molar-refractivity contribution >= 4 is 38.4 Å². The lowest BCUT2D eigenvalue weighted by atomic mass is 10.2. The quantitative estimate of drug-likeness (QED) is 0.220. The summed E-state index contributed by atoms with van der Waals surface area (Å²) in [6, 6.07) is 8.27. The van der Waals surface area contributed by atoms with Crippen LogP contribution in [-0.2, 0) is 9.47 Å². The first kappa shape index (κ1) is 23.3. The Labute approximate surface area is 201 Å². The molecular weight excluding hydrogens is 482 g/mol. The first-order valence-corrected chi connectivity index (χ1v) is 12.1. The van der Waals surface area contributed by atoms with Crippen LogP contribution < -0.4 is 20.3 Å². The second kappa shape index (κ2) is 10.4. The SMILES string of the molecule is COc1ccc(-n2c3cssc-3c(NC(=O)OCCOC(=O)c3cccnc3)c2=O)c(OC)c1. The van der Waals surface area contributed by atoms with Crippen LogP contribution in [0.1, 0.15) is 10.4 Å². The van der Waals surface area contributed by atoms with Crippen molar-refractivity contribution < 1.29 is 28.5 Å². The molecule has 2 aliphatic heterocycles. The Balaban J connectivity index is 1.46. The maximum absolute atomic E-state index is 13.2. The third-order valence-corrected chi connectivity index (χ3v) is 6.78. The minimum atomic E-state index is -0.839. The van der Waals surface area contributed by atoms with Gasteiger partial charge in [0.05, 0.1) is 36.0 Å². The Hall–Kier alpha value is -3.90. The van der Waals surface area contributed by atoms with Crippen LogP contribution in [0.3, 0.4) is 0 Å². The molecule has 2 aliphatic rings. The molecule has 0 radical (unpaired) electrons. The molecule has 1 amide bonds. The second-order valence-corrected chi connectivity index (χ2v) is 8.78. The van der Waals surface area contributed by atoms with Crippen molar-refractivity contribution in [3.8, 4) is 27.8 Å². The maximum atomic E-state index is 13.2. The Morgan fingerprint density at radius 3 is 2.68 bits per heavy atom. The number of ether oxygens (including phenoxy) is 4. The predicted octanol–water partition coefficient (Wildman–Crippen LogP) is 3.88. The van der Waals surface area contributed by atoms with E-state index < -0.39 is 17.6 Å². The van der Waals surface area contributed by atoms with Crippen molar-refractivity contribution in [2.75, 3.05) is 32.8 Å². The number of fused-ring (bicyclic) bond motifs is 1. The summed E-state index contributed by atoms with van der Waals surface area (Å²) in [6.45, 7) is -0.332. The smallest absolute Gasteiger partial charge is 0.411 e. The topological polar surface area (TPSA) is 118 Å². The first-order valence-electron chi connectivity index (χ1n) is 9.89. The highest BCUT2D eigenvalue weighted by molar-refractivity contribution is 7.70. The summed E-state index contributed by atoms with van der Waals surface area (Å²) < 4.78 is 22.3. The van der Waals surface area contributed by atoms with Gasteiger partial charge in [-0.25, -0.2) is 9.59 Å². The first-order chi connectivity index (χ1) is 16.5. The van der Waals surface area contributed by atoms with Crippen molar-refractivity contribution in [3.05, 3.63) is 64.0 Å². The van der Waals surface area contributed by atoms with Crippen LogP contribution in [0.25, 0.3) is 16.3 Å². The van der Waals surface area contributed by atoms with E-state index in [9.17, 15) is 14.4 Å². The van der Waals surface area contributed by atoms with Crippen LogP contribution in [0.2, 0.25) is 0 Å². The van der Waals surface area contributed by atoms with E-state index in [1.54, 1.807) is 30.3 Å². The van der Waals surface area contributed by atoms with Crippen LogP contribution in [0, 0.1) is 0 Å². The Kier molecular flexibility index (Phi) is 7.09. The molecule has 2 aromatic rings. The Morgan fingerprint density at radius 2 is 1.94 bits per heavy atom. The molecule has 1 aromatic heterocycles. The molecule has 34 heavy (non-hydrogen) atoms. The number of amides is 1. The van der Waals surface area contributed by atoms with Gasteiger partial charge >= 0.3 is 12.1 Å². The number of hydrogen-bond acceptors (Lipinski definition) is 10. The zero-order valence-corrected chi connectivity index (χ0v) is 19.7. The molecule has 1 N–H and O–H groups in total. The van der Waals surface area contributed by atoms with Crippen LogP contribution in [0.5, 0.6) is 11.5 Å². The van der Waals surface area contributed by atoms with E-state index in [2.05, 4.69) is 10.3 Å². The van der Waals surface area contributed by atoms with Gasteiger partial charge in [-0.2, -0.15) is 0 Å². The Morgan fingerprint density at radius 1 is 1.12 bits per heavy atom. The van der Waals surface area contributed by atoms with E-state index in [0.717, 1.165) is 0 Å². The molecule has 0 bridgehead atoms. The Bertz CT molecular complexity index is 1330. The van der Waals surface area contributed by atoms with Crippen LogP contribution >= 0.6 is 20.7 Å². The van der Waals surface area contributed by atoms with Gasteiger partial charge in [0.15, 0.2) is 0 Å². The number of methoxy groups -OCH3 is 2. The number of aromatic nitrogens is 2. The predicted molar refractivity (Wildman–Crippen MR) is 127 cm³/mol. The van der Waals surface area contributed by atoms with Crippen molar-refractivity contribution in [1.82, 2.24) is 9.55 Å². The third kappa shape index (κ3) is 4.72. The van der Waals surface area contributed by atoms with E-state index >= 15 is 0 Å². The average Bonchev–Trinajstić information content (AvgIpc) is 3.43. The third-order valence-electron chi connectivity index (χ3n) is 4.71. The molecule has 0 atom stereocenters. The van der Waals surface area contributed by atoms with Crippen molar-refractivity contribution in [1.29, 1.82) is 0 Å². The molecule has 3 heterocycles. The summed E-state index contributed by atoms with van der Waals surface area (Å²) in [5, 5.41) is 4.33. The number of esters is 1. The number of carbonyl (C=O) groups is 2. The van der Waals surface area contributed by atoms with E-state index in [0.29, 0.717) is 33.3 Å². The highest BCUT2D eigenvalue weighted by Gasteiger charge is 2.27. The number of carbonyl (C=O) groups excluding carboxylic acids is 2. The highest BCUT2D eigenvalue weighted by Crippen LogP contribution is 2.40. The van der Waals surface area contributed by atoms with E-state index in [-0.39, 0.29) is 18.9 Å². The van der Waals surface area contributed by atoms with Gasteiger partial charge < -0.3 is 18.9 Å². The zero-order chi connectivity index (χ0) is 24.1. The van der Waals surface area contributed by atoms with Gasteiger partial charge in [-0.1, -0.05) is 20.7 Å². The van der Waals surface area contributed by atoms with Gasteiger partial charge in [0, 0.05) is 23.8 Å². The fourth-order valence-electron chi connectivity index (χ4n) is 3.15. The van der Waals surface area contributed by atoms with Gasteiger partial charge in [-0.3, -0.25) is 19.7 Å². The van der Waals surface area contributed by atoms with Gasteiger partial charge in [-0.05, 0) is 24.3 Å². The number of anilines is 1. The fourth-order valence-corrected chi connectivity index (χ4v) is 5.35. The molecule has 4 rings (SSSR count). The molecule has 0 saturated heterocycles. The van der Waals surface area contributed by atoms with Gasteiger partial charge in [-0.15, -0.1) is 0 Å². The number of nitrogens with one attached hydrogen (secondary N) is 1. The maximum Gasteiger partial charge on any atom is 0.411 e. The molecule has 176 valence electrons. The molecular formula is C22H19N3O7S2. The van der Waals surface area contributed by atoms with E-state index in [4.69, 9.17) is 18.9 Å². The van der Waals surface area contributed by atoms with Gasteiger partial charge in [0.1, 0.15) is 30.4 Å². The van der Waals surface area contributed by atoms with Crippen molar-refractivity contribution in [3.63, 3.8) is 0 Å². The van der Waals surface area contributed by atoms with Crippen molar-refractivity contribution in [2.45, 2.75) is 0 Å². The molecule has 0 unspecified atom stereocenters. The summed E-state index contributed by atoms with van der Waals surface area (Å²) >= 11 is 0. The lowest BCUT2D eigenvalue weighted by molar-refractivity contribution is 0.0412. The van der Waals surface area contributed by atoms with Gasteiger partial charge in [0.25, 0.3) is 5.56 Å². The van der Waals surface area contributed by atoms with E-state index in [1.165, 1.54) is 51.9 Å². The highest BCUT2D eigenvalue weighted by atomic mass is 32.9. The lowest BCUT2D eigenvalue weighted by Gasteiger charge is -2.11. The number of hydrogen-bond donors (Lipinski definition) is 1. The molecule has 12 heteroatoms. The van der Waals surface area contributed by atoms with Crippen LogP contribution in [-0.4, -0.2) is 49.0 Å². The minimum absolute atomic E-state index is 0.0940. The van der Waals surface area contributed by atoms with Gasteiger partial charge in [0.2, 0.25) is 0 Å². The van der Waals surface area contributed by atoms with Crippen LogP contribution in [0.4, 0.5) is 10.5 Å². The van der Waals surface area contributed by atoms with Crippen LogP contribution in [0.15, 0.2) is 52.9 Å². The summed E-state index contributed by atoms with van der Waals surface area (Å²) in [4.78, 5) is 41.9. The number of pyridine rings is 1. The monoisotopic (exact) mass is 501 g/mol. The summed E-state index contributed by atoms with van der Waals surface area (Å²) in [5.74, 6) is 0.441. The normalized spacial score (nSPS) is 10.6. The largest absolute Gasteiger partial charge is 0.497 e. The molecule has 0 fully saturated rings. The zero-order valence-electron chi connectivity index (χ0n) is 18.1. The standard InChI is InChI=1S/C22H19N3O7S2/c1-29-14-5-6-15(17(10-14)30-2)25-16-12-33-34-19(16)18(20(25)26)24-22(28)32-9-8-31-21(27)13-4-3-7-23-11-13/h3-7,10-12H,8-9H2,1-2H3,(H,24,28). The summed E-state index contributed by atoms with van der Waals surface area (Å²) in [6.07, 6.45) is 2.08. The number of nitrogens with zero attached hydrogens (tertiary/aromatic N) is 2. The molecule has 0 saturated carbocycles.